The van der Waals surface area contributed by atoms with Crippen LogP contribution in [0.1, 0.15) is 63.3 Å². The SMILES string of the molecule is C#CN(C(=O)C(CCSC)NC(=O)OC(C)(C)C)C(C(=O)NCCC(=O)OCC)c1cc(C)ccc1C. The Hall–Kier alpha value is -3.19. The maximum absolute atomic E-state index is 13.7. The summed E-state index contributed by atoms with van der Waals surface area (Å²) < 4.78 is 10.2. The fraction of sp³-hybridized carbons (Fsp3) is 0.556. The van der Waals surface area contributed by atoms with Gasteiger partial charge in [-0.1, -0.05) is 30.2 Å². The molecule has 2 atom stereocenters. The van der Waals surface area contributed by atoms with Gasteiger partial charge in [0.25, 0.3) is 5.91 Å². The summed E-state index contributed by atoms with van der Waals surface area (Å²) in [6.45, 7) is 10.8. The largest absolute Gasteiger partial charge is 0.466 e. The predicted octanol–water partition coefficient (Wildman–Crippen LogP) is 3.48. The van der Waals surface area contributed by atoms with Crippen LogP contribution in [0.15, 0.2) is 18.2 Å². The summed E-state index contributed by atoms with van der Waals surface area (Å²) in [5.41, 5.74) is 1.41. The molecule has 1 aromatic rings. The fourth-order valence-electron chi connectivity index (χ4n) is 3.45. The molecule has 2 unspecified atom stereocenters. The molecule has 0 radical (unpaired) electrons. The molecule has 0 aliphatic heterocycles. The number of ether oxygens (including phenoxy) is 2. The molecule has 204 valence electrons. The second kappa shape index (κ2) is 15.2. The third kappa shape index (κ3) is 10.8. The summed E-state index contributed by atoms with van der Waals surface area (Å²) in [6, 6.07) is 5.68. The molecular formula is C27H39N3O6S. The number of thioether (sulfide) groups is 1. The minimum absolute atomic E-state index is 0.0116. The Bertz CT molecular complexity index is 999. The van der Waals surface area contributed by atoms with Gasteiger partial charge < -0.3 is 20.1 Å². The molecule has 0 aliphatic carbocycles. The Labute approximate surface area is 224 Å². The Morgan fingerprint density at radius 2 is 1.86 bits per heavy atom. The van der Waals surface area contributed by atoms with E-state index in [2.05, 4.69) is 16.7 Å². The lowest BCUT2D eigenvalue weighted by molar-refractivity contribution is -0.143. The van der Waals surface area contributed by atoms with Gasteiger partial charge in [0, 0.05) is 12.6 Å². The molecule has 0 saturated carbocycles. The Balaban J connectivity index is 3.35. The molecule has 0 saturated heterocycles. The van der Waals surface area contributed by atoms with Crippen LogP contribution in [0.3, 0.4) is 0 Å². The van der Waals surface area contributed by atoms with Crippen molar-refractivity contribution in [1.29, 1.82) is 0 Å². The van der Waals surface area contributed by atoms with E-state index >= 15 is 0 Å². The number of hydrogen-bond acceptors (Lipinski definition) is 7. The van der Waals surface area contributed by atoms with Gasteiger partial charge >= 0.3 is 12.1 Å². The van der Waals surface area contributed by atoms with Gasteiger partial charge in [-0.2, -0.15) is 11.8 Å². The van der Waals surface area contributed by atoms with Gasteiger partial charge in [0.2, 0.25) is 5.91 Å². The van der Waals surface area contributed by atoms with Crippen molar-refractivity contribution >= 4 is 35.6 Å². The first-order valence-electron chi connectivity index (χ1n) is 12.1. The zero-order valence-electron chi connectivity index (χ0n) is 22.8. The van der Waals surface area contributed by atoms with Crippen molar-refractivity contribution < 1.29 is 28.7 Å². The third-order valence-electron chi connectivity index (χ3n) is 5.15. The zero-order valence-corrected chi connectivity index (χ0v) is 23.6. The summed E-state index contributed by atoms with van der Waals surface area (Å²) >= 11 is 1.50. The van der Waals surface area contributed by atoms with E-state index < -0.39 is 41.6 Å². The van der Waals surface area contributed by atoms with E-state index in [0.29, 0.717) is 11.3 Å². The van der Waals surface area contributed by atoms with E-state index in [1.165, 1.54) is 11.8 Å². The first-order valence-corrected chi connectivity index (χ1v) is 13.5. The van der Waals surface area contributed by atoms with Crippen molar-refractivity contribution in [3.05, 3.63) is 34.9 Å². The van der Waals surface area contributed by atoms with Gasteiger partial charge in [-0.15, -0.1) is 0 Å². The molecule has 10 heteroatoms. The molecule has 1 aromatic carbocycles. The average Bonchev–Trinajstić information content (AvgIpc) is 2.80. The molecule has 9 nitrogen and oxygen atoms in total. The van der Waals surface area contributed by atoms with Gasteiger partial charge in [0.15, 0.2) is 0 Å². The highest BCUT2D eigenvalue weighted by Gasteiger charge is 2.36. The number of nitrogens with zero attached hydrogens (tertiary/aromatic N) is 1. The first-order chi connectivity index (χ1) is 17.3. The molecule has 0 bridgehead atoms. The highest BCUT2D eigenvalue weighted by Crippen LogP contribution is 2.26. The van der Waals surface area contributed by atoms with Crippen LogP contribution in [0.2, 0.25) is 0 Å². The Morgan fingerprint density at radius 3 is 2.43 bits per heavy atom. The normalized spacial score (nSPS) is 12.5. The van der Waals surface area contributed by atoms with E-state index in [-0.39, 0.29) is 26.0 Å². The monoisotopic (exact) mass is 533 g/mol. The van der Waals surface area contributed by atoms with Crippen LogP contribution in [-0.4, -0.2) is 65.6 Å². The maximum Gasteiger partial charge on any atom is 0.408 e. The molecule has 0 spiro atoms. The van der Waals surface area contributed by atoms with Crippen molar-refractivity contribution in [2.24, 2.45) is 0 Å². The zero-order chi connectivity index (χ0) is 28.2. The van der Waals surface area contributed by atoms with Gasteiger partial charge in [0.1, 0.15) is 17.7 Å². The summed E-state index contributed by atoms with van der Waals surface area (Å²) in [6.07, 6.45) is 7.18. The number of alkyl carbamates (subject to hydrolysis) is 1. The minimum atomic E-state index is -1.18. The lowest BCUT2D eigenvalue weighted by atomic mass is 9.96. The number of carbonyl (C=O) groups excluding carboxylic acids is 4. The van der Waals surface area contributed by atoms with Crippen molar-refractivity contribution in [3.8, 4) is 12.5 Å². The number of terminal acetylenes is 1. The topological polar surface area (TPSA) is 114 Å². The highest BCUT2D eigenvalue weighted by molar-refractivity contribution is 7.98. The molecule has 0 fully saturated rings. The number of aryl methyl sites for hydroxylation is 2. The van der Waals surface area contributed by atoms with Crippen LogP contribution >= 0.6 is 11.8 Å². The van der Waals surface area contributed by atoms with Crippen LogP contribution in [0.25, 0.3) is 0 Å². The lowest BCUT2D eigenvalue weighted by Crippen LogP contribution is -2.52. The Kier molecular flexibility index (Phi) is 13.0. The number of rotatable bonds is 12. The fourth-order valence-corrected chi connectivity index (χ4v) is 3.92. The molecular weight excluding hydrogens is 494 g/mol. The molecule has 1 rings (SSSR count). The standard InChI is InChI=1S/C27H39N3O6S/c1-9-30(25(33)21(14-16-37-8)29-26(34)36-27(5,6)7)23(20-17-18(3)11-12-19(20)4)24(32)28-15-13-22(31)35-10-2/h1,11-12,17,21,23H,10,13-16H2,2-8H3,(H,28,32)(H,29,34). The van der Waals surface area contributed by atoms with Gasteiger partial charge in [-0.05, 0) is 71.1 Å². The molecule has 2 N–H and O–H groups in total. The number of hydrogen-bond donors (Lipinski definition) is 2. The highest BCUT2D eigenvalue weighted by atomic mass is 32.2. The van der Waals surface area contributed by atoms with Crippen molar-refractivity contribution in [2.45, 2.75) is 72.1 Å². The summed E-state index contributed by atoms with van der Waals surface area (Å²) in [7, 11) is 0. The Morgan fingerprint density at radius 1 is 1.19 bits per heavy atom. The molecule has 0 aromatic heterocycles. The smallest absolute Gasteiger partial charge is 0.408 e. The van der Waals surface area contributed by atoms with E-state index in [0.717, 1.165) is 16.0 Å². The number of amides is 3. The average molecular weight is 534 g/mol. The lowest BCUT2D eigenvalue weighted by Gasteiger charge is -2.31. The number of benzene rings is 1. The summed E-state index contributed by atoms with van der Waals surface area (Å²) in [4.78, 5) is 52.4. The van der Waals surface area contributed by atoms with Crippen molar-refractivity contribution in [1.82, 2.24) is 15.5 Å². The first kappa shape index (κ1) is 31.8. The molecule has 0 aliphatic rings. The van der Waals surface area contributed by atoms with Crippen LogP contribution in [0, 0.1) is 26.3 Å². The summed E-state index contributed by atoms with van der Waals surface area (Å²) in [5, 5.41) is 5.31. The van der Waals surface area contributed by atoms with Gasteiger partial charge in [-0.25, -0.2) is 4.79 Å². The van der Waals surface area contributed by atoms with E-state index in [1.54, 1.807) is 33.8 Å². The maximum atomic E-state index is 13.7. The van der Waals surface area contributed by atoms with Gasteiger partial charge in [-0.3, -0.25) is 19.3 Å². The van der Waals surface area contributed by atoms with Gasteiger partial charge in [0.05, 0.1) is 13.0 Å². The second-order valence-corrected chi connectivity index (χ2v) is 10.4. The third-order valence-corrected chi connectivity index (χ3v) is 5.79. The molecule has 37 heavy (non-hydrogen) atoms. The van der Waals surface area contributed by atoms with E-state index in [4.69, 9.17) is 15.9 Å². The number of nitrogens with one attached hydrogen (secondary N) is 2. The van der Waals surface area contributed by atoms with Crippen LogP contribution in [-0.2, 0) is 23.9 Å². The minimum Gasteiger partial charge on any atom is -0.466 e. The predicted molar refractivity (Wildman–Crippen MR) is 145 cm³/mol. The summed E-state index contributed by atoms with van der Waals surface area (Å²) in [5.74, 6) is -1.06. The van der Waals surface area contributed by atoms with Crippen LogP contribution in [0.5, 0.6) is 0 Å². The molecule has 0 heterocycles. The second-order valence-electron chi connectivity index (χ2n) is 9.43. The number of esters is 1. The quantitative estimate of drug-likeness (QED) is 0.240. The van der Waals surface area contributed by atoms with Crippen LogP contribution in [0.4, 0.5) is 4.79 Å². The van der Waals surface area contributed by atoms with Crippen LogP contribution < -0.4 is 10.6 Å². The van der Waals surface area contributed by atoms with E-state index in [1.807, 2.05) is 32.2 Å². The van der Waals surface area contributed by atoms with Crippen molar-refractivity contribution in [2.75, 3.05) is 25.2 Å². The number of carbonyl (C=O) groups is 4. The van der Waals surface area contributed by atoms with E-state index in [9.17, 15) is 19.2 Å². The molecule has 3 amide bonds. The van der Waals surface area contributed by atoms with Crippen molar-refractivity contribution in [3.63, 3.8) is 0 Å².